The highest BCUT2D eigenvalue weighted by Gasteiger charge is 2.01. The summed E-state index contributed by atoms with van der Waals surface area (Å²) < 4.78 is 7.01. The highest BCUT2D eigenvalue weighted by molar-refractivity contribution is 5.79. The van der Waals surface area contributed by atoms with Crippen molar-refractivity contribution >= 4 is 5.96 Å². The van der Waals surface area contributed by atoms with E-state index in [0.717, 1.165) is 36.9 Å². The average Bonchev–Trinajstić information content (AvgIpc) is 2.98. The summed E-state index contributed by atoms with van der Waals surface area (Å²) >= 11 is 0. The Labute approximate surface area is 137 Å². The summed E-state index contributed by atoms with van der Waals surface area (Å²) in [6, 6.07) is 10.1. The molecule has 2 aromatic rings. The SMILES string of the molecule is CCNC(=NCc1ccnn1C)NCCc1ccc(OC)cc1. The third-order valence-corrected chi connectivity index (χ3v) is 3.53. The lowest BCUT2D eigenvalue weighted by molar-refractivity contribution is 0.414. The van der Waals surface area contributed by atoms with Gasteiger partial charge in [-0.3, -0.25) is 4.68 Å². The standard InChI is InChI=1S/C17H25N5O/c1-4-18-17(20-13-15-10-12-21-22(15)2)19-11-9-14-5-7-16(23-3)8-6-14/h5-8,10,12H,4,9,11,13H2,1-3H3,(H2,18,19,20). The molecule has 6 heteroatoms. The molecule has 6 nitrogen and oxygen atoms in total. The molecule has 0 saturated carbocycles. The minimum Gasteiger partial charge on any atom is -0.497 e. The molecule has 0 aliphatic carbocycles. The summed E-state index contributed by atoms with van der Waals surface area (Å²) in [5.74, 6) is 1.70. The molecule has 0 amide bonds. The zero-order chi connectivity index (χ0) is 16.5. The molecule has 2 N–H and O–H groups in total. The van der Waals surface area contributed by atoms with Crippen molar-refractivity contribution in [2.24, 2.45) is 12.0 Å². The maximum Gasteiger partial charge on any atom is 0.191 e. The van der Waals surface area contributed by atoms with Gasteiger partial charge in [-0.2, -0.15) is 5.10 Å². The van der Waals surface area contributed by atoms with Crippen molar-refractivity contribution in [3.63, 3.8) is 0 Å². The molecule has 23 heavy (non-hydrogen) atoms. The Morgan fingerprint density at radius 1 is 1.22 bits per heavy atom. The first kappa shape index (κ1) is 16.9. The molecule has 124 valence electrons. The highest BCUT2D eigenvalue weighted by Crippen LogP contribution is 2.11. The monoisotopic (exact) mass is 315 g/mol. The molecular weight excluding hydrogens is 290 g/mol. The number of aryl methyl sites for hydroxylation is 1. The van der Waals surface area contributed by atoms with Gasteiger partial charge >= 0.3 is 0 Å². The van der Waals surface area contributed by atoms with E-state index in [1.807, 2.05) is 29.9 Å². The Morgan fingerprint density at radius 2 is 2.00 bits per heavy atom. The van der Waals surface area contributed by atoms with Gasteiger partial charge in [0.15, 0.2) is 5.96 Å². The van der Waals surface area contributed by atoms with Crippen LogP contribution in [0.1, 0.15) is 18.2 Å². The van der Waals surface area contributed by atoms with E-state index in [1.54, 1.807) is 13.3 Å². The number of guanidine groups is 1. The molecule has 2 rings (SSSR count). The smallest absolute Gasteiger partial charge is 0.191 e. The second-order valence-electron chi connectivity index (χ2n) is 5.17. The van der Waals surface area contributed by atoms with E-state index in [9.17, 15) is 0 Å². The van der Waals surface area contributed by atoms with Crippen LogP contribution >= 0.6 is 0 Å². The molecular formula is C17H25N5O. The summed E-state index contributed by atoms with van der Waals surface area (Å²) in [5, 5.41) is 10.8. The summed E-state index contributed by atoms with van der Waals surface area (Å²) in [5.41, 5.74) is 2.35. The van der Waals surface area contributed by atoms with E-state index in [1.165, 1.54) is 5.56 Å². The molecule has 0 spiro atoms. The first-order valence-electron chi connectivity index (χ1n) is 7.85. The van der Waals surface area contributed by atoms with Crippen LogP contribution in [-0.2, 0) is 20.0 Å². The molecule has 1 aromatic heterocycles. The number of benzene rings is 1. The maximum atomic E-state index is 5.17. The van der Waals surface area contributed by atoms with Crippen molar-refractivity contribution in [3.05, 3.63) is 47.8 Å². The van der Waals surface area contributed by atoms with Crippen LogP contribution in [0.4, 0.5) is 0 Å². The van der Waals surface area contributed by atoms with Gasteiger partial charge in [0, 0.05) is 26.3 Å². The van der Waals surface area contributed by atoms with Gasteiger partial charge in [-0.15, -0.1) is 0 Å². The summed E-state index contributed by atoms with van der Waals surface area (Å²) in [6.07, 6.45) is 2.72. The number of nitrogens with one attached hydrogen (secondary N) is 2. The lowest BCUT2D eigenvalue weighted by Gasteiger charge is -2.11. The lowest BCUT2D eigenvalue weighted by Crippen LogP contribution is -2.38. The molecule has 0 saturated heterocycles. The fourth-order valence-electron chi connectivity index (χ4n) is 2.18. The first-order valence-corrected chi connectivity index (χ1v) is 7.85. The van der Waals surface area contributed by atoms with Crippen molar-refractivity contribution in [1.82, 2.24) is 20.4 Å². The second kappa shape index (κ2) is 8.82. The fourth-order valence-corrected chi connectivity index (χ4v) is 2.18. The summed E-state index contributed by atoms with van der Waals surface area (Å²) in [4.78, 5) is 4.59. The Morgan fingerprint density at radius 3 is 2.61 bits per heavy atom. The first-order chi connectivity index (χ1) is 11.2. The number of nitrogens with zero attached hydrogens (tertiary/aromatic N) is 3. The molecule has 0 fully saturated rings. The Balaban J connectivity index is 1.85. The zero-order valence-corrected chi connectivity index (χ0v) is 14.0. The average molecular weight is 315 g/mol. The quantitative estimate of drug-likeness (QED) is 0.603. The van der Waals surface area contributed by atoms with Gasteiger partial charge in [0.25, 0.3) is 0 Å². The van der Waals surface area contributed by atoms with Gasteiger partial charge in [-0.05, 0) is 37.1 Å². The van der Waals surface area contributed by atoms with Crippen LogP contribution < -0.4 is 15.4 Å². The number of methoxy groups -OCH3 is 1. The van der Waals surface area contributed by atoms with Crippen LogP contribution in [0.3, 0.4) is 0 Å². The van der Waals surface area contributed by atoms with Crippen molar-refractivity contribution < 1.29 is 4.74 Å². The van der Waals surface area contributed by atoms with E-state index >= 15 is 0 Å². The topological polar surface area (TPSA) is 63.5 Å². The third kappa shape index (κ3) is 5.32. The van der Waals surface area contributed by atoms with Gasteiger partial charge in [0.2, 0.25) is 0 Å². The van der Waals surface area contributed by atoms with Gasteiger partial charge in [0.1, 0.15) is 5.75 Å². The molecule has 1 heterocycles. The van der Waals surface area contributed by atoms with Crippen molar-refractivity contribution in [3.8, 4) is 5.75 Å². The Kier molecular flexibility index (Phi) is 6.47. The van der Waals surface area contributed by atoms with Crippen molar-refractivity contribution in [1.29, 1.82) is 0 Å². The molecule has 0 atom stereocenters. The zero-order valence-electron chi connectivity index (χ0n) is 14.0. The Bertz CT molecular complexity index is 618. The van der Waals surface area contributed by atoms with Crippen LogP contribution in [0.25, 0.3) is 0 Å². The largest absolute Gasteiger partial charge is 0.497 e. The molecule has 0 aliphatic rings. The molecule has 0 bridgehead atoms. The van der Waals surface area contributed by atoms with Gasteiger partial charge in [0.05, 0.1) is 19.3 Å². The number of rotatable bonds is 7. The molecule has 0 radical (unpaired) electrons. The molecule has 0 unspecified atom stereocenters. The van der Waals surface area contributed by atoms with E-state index in [4.69, 9.17) is 4.74 Å². The molecule has 0 aliphatic heterocycles. The van der Waals surface area contributed by atoms with Crippen LogP contribution in [-0.4, -0.2) is 35.9 Å². The third-order valence-electron chi connectivity index (χ3n) is 3.53. The Hall–Kier alpha value is -2.50. The number of aromatic nitrogens is 2. The minimum absolute atomic E-state index is 0.606. The van der Waals surface area contributed by atoms with E-state index in [0.29, 0.717) is 6.54 Å². The van der Waals surface area contributed by atoms with Crippen LogP contribution in [0.2, 0.25) is 0 Å². The van der Waals surface area contributed by atoms with Crippen molar-refractivity contribution in [2.45, 2.75) is 19.9 Å². The van der Waals surface area contributed by atoms with E-state index < -0.39 is 0 Å². The number of ether oxygens (including phenoxy) is 1. The normalized spacial score (nSPS) is 11.3. The second-order valence-corrected chi connectivity index (χ2v) is 5.17. The van der Waals surface area contributed by atoms with Crippen molar-refractivity contribution in [2.75, 3.05) is 20.2 Å². The molecule has 1 aromatic carbocycles. The summed E-state index contributed by atoms with van der Waals surface area (Å²) in [7, 11) is 3.60. The lowest BCUT2D eigenvalue weighted by atomic mass is 10.1. The summed E-state index contributed by atoms with van der Waals surface area (Å²) in [6.45, 7) is 4.32. The fraction of sp³-hybridized carbons (Fsp3) is 0.412. The predicted octanol–water partition coefficient (Wildman–Crippen LogP) is 1.73. The van der Waals surface area contributed by atoms with Gasteiger partial charge < -0.3 is 15.4 Å². The van der Waals surface area contributed by atoms with Crippen LogP contribution in [0, 0.1) is 0 Å². The number of hydrogen-bond acceptors (Lipinski definition) is 3. The van der Waals surface area contributed by atoms with Gasteiger partial charge in [-0.1, -0.05) is 12.1 Å². The maximum absolute atomic E-state index is 5.17. The highest BCUT2D eigenvalue weighted by atomic mass is 16.5. The van der Waals surface area contributed by atoms with Crippen LogP contribution in [0.5, 0.6) is 5.75 Å². The number of aliphatic imine (C=N–C) groups is 1. The predicted molar refractivity (Wildman–Crippen MR) is 92.7 cm³/mol. The van der Waals surface area contributed by atoms with E-state index in [-0.39, 0.29) is 0 Å². The minimum atomic E-state index is 0.606. The van der Waals surface area contributed by atoms with Gasteiger partial charge in [-0.25, -0.2) is 4.99 Å². The number of hydrogen-bond donors (Lipinski definition) is 2. The van der Waals surface area contributed by atoms with E-state index in [2.05, 4.69) is 39.8 Å². The van der Waals surface area contributed by atoms with Crippen LogP contribution in [0.15, 0.2) is 41.5 Å².